The highest BCUT2D eigenvalue weighted by atomic mass is 19.4. The highest BCUT2D eigenvalue weighted by molar-refractivity contribution is 6.08. The number of aryl methyl sites for hydroxylation is 1. The van der Waals surface area contributed by atoms with Gasteiger partial charge in [0.15, 0.2) is 0 Å². The molecule has 0 saturated carbocycles. The SMILES string of the molecule is Cc1ccc(NC(=O)c2cccc(C(F)(F)F)c2)cc1C(=O)Nc1cncc(NCCO)c1. The third-order valence-corrected chi connectivity index (χ3v) is 4.63. The molecule has 3 aromatic rings. The molecule has 0 aliphatic heterocycles. The number of nitrogens with one attached hydrogen (secondary N) is 3. The fraction of sp³-hybridized carbons (Fsp3) is 0.174. The first-order valence-electron chi connectivity index (χ1n) is 9.88. The Morgan fingerprint density at radius 3 is 2.39 bits per heavy atom. The molecule has 0 saturated heterocycles. The third-order valence-electron chi connectivity index (χ3n) is 4.63. The fourth-order valence-corrected chi connectivity index (χ4v) is 2.99. The highest BCUT2D eigenvalue weighted by Gasteiger charge is 2.30. The molecule has 0 aliphatic carbocycles. The van der Waals surface area contributed by atoms with Gasteiger partial charge in [0.25, 0.3) is 11.8 Å². The van der Waals surface area contributed by atoms with Crippen molar-refractivity contribution < 1.29 is 27.9 Å². The average molecular weight is 458 g/mol. The van der Waals surface area contributed by atoms with Crippen molar-refractivity contribution in [1.82, 2.24) is 4.98 Å². The van der Waals surface area contributed by atoms with Crippen LogP contribution in [0.1, 0.15) is 31.8 Å². The van der Waals surface area contributed by atoms with Crippen molar-refractivity contribution in [2.45, 2.75) is 13.1 Å². The molecule has 0 fully saturated rings. The van der Waals surface area contributed by atoms with Crippen LogP contribution in [0.25, 0.3) is 0 Å². The van der Waals surface area contributed by atoms with Gasteiger partial charge in [-0.2, -0.15) is 13.2 Å². The van der Waals surface area contributed by atoms with Crippen molar-refractivity contribution >= 4 is 28.9 Å². The molecule has 2 aromatic carbocycles. The Morgan fingerprint density at radius 1 is 0.939 bits per heavy atom. The number of hydrogen-bond donors (Lipinski definition) is 4. The van der Waals surface area contributed by atoms with Crippen LogP contribution < -0.4 is 16.0 Å². The summed E-state index contributed by atoms with van der Waals surface area (Å²) in [7, 11) is 0. The number of rotatable bonds is 7. The number of amides is 2. The minimum absolute atomic E-state index is 0.0607. The van der Waals surface area contributed by atoms with Gasteiger partial charge >= 0.3 is 6.18 Å². The Kier molecular flexibility index (Phi) is 7.29. The lowest BCUT2D eigenvalue weighted by molar-refractivity contribution is -0.137. The summed E-state index contributed by atoms with van der Waals surface area (Å²) >= 11 is 0. The molecule has 172 valence electrons. The average Bonchev–Trinajstić information content (AvgIpc) is 2.78. The predicted molar refractivity (Wildman–Crippen MR) is 118 cm³/mol. The van der Waals surface area contributed by atoms with Gasteiger partial charge in [-0.3, -0.25) is 14.6 Å². The van der Waals surface area contributed by atoms with Gasteiger partial charge in [-0.05, 0) is 48.9 Å². The molecule has 2 amide bonds. The zero-order valence-electron chi connectivity index (χ0n) is 17.5. The topological polar surface area (TPSA) is 103 Å². The summed E-state index contributed by atoms with van der Waals surface area (Å²) in [5.74, 6) is -1.19. The summed E-state index contributed by atoms with van der Waals surface area (Å²) in [6.07, 6.45) is -1.57. The van der Waals surface area contributed by atoms with E-state index in [1.54, 1.807) is 31.3 Å². The Bertz CT molecular complexity index is 1170. The number of aliphatic hydroxyl groups is 1. The number of benzene rings is 2. The summed E-state index contributed by atoms with van der Waals surface area (Å²) in [5, 5.41) is 17.1. The molecular weight excluding hydrogens is 437 g/mol. The smallest absolute Gasteiger partial charge is 0.395 e. The molecular formula is C23H21F3N4O3. The summed E-state index contributed by atoms with van der Waals surface area (Å²) < 4.78 is 38.7. The maximum Gasteiger partial charge on any atom is 0.416 e. The Morgan fingerprint density at radius 2 is 1.67 bits per heavy atom. The summed E-state index contributed by atoms with van der Waals surface area (Å²) in [5.41, 5.74) is 1.10. The second-order valence-electron chi connectivity index (χ2n) is 7.13. The monoisotopic (exact) mass is 458 g/mol. The molecule has 3 rings (SSSR count). The zero-order valence-corrected chi connectivity index (χ0v) is 17.5. The van der Waals surface area contributed by atoms with E-state index in [2.05, 4.69) is 20.9 Å². The summed E-state index contributed by atoms with van der Waals surface area (Å²) in [6, 6.07) is 10.3. The number of anilines is 3. The van der Waals surface area contributed by atoms with E-state index < -0.39 is 23.6 Å². The number of hydrogen-bond acceptors (Lipinski definition) is 5. The van der Waals surface area contributed by atoms with Crippen LogP contribution in [0.3, 0.4) is 0 Å². The first kappa shape index (κ1) is 23.7. The molecule has 10 heteroatoms. The van der Waals surface area contributed by atoms with E-state index in [9.17, 15) is 22.8 Å². The largest absolute Gasteiger partial charge is 0.416 e. The maximum atomic E-state index is 12.9. The summed E-state index contributed by atoms with van der Waals surface area (Å²) in [6.45, 7) is 1.98. The van der Waals surface area contributed by atoms with Gasteiger partial charge in [0.1, 0.15) is 0 Å². The van der Waals surface area contributed by atoms with Crippen molar-refractivity contribution in [3.8, 4) is 0 Å². The van der Waals surface area contributed by atoms with Crippen LogP contribution in [0.2, 0.25) is 0 Å². The van der Waals surface area contributed by atoms with Crippen LogP contribution in [0.5, 0.6) is 0 Å². The van der Waals surface area contributed by atoms with Crippen molar-refractivity contribution in [2.24, 2.45) is 0 Å². The van der Waals surface area contributed by atoms with E-state index in [1.165, 1.54) is 18.3 Å². The van der Waals surface area contributed by atoms with Gasteiger partial charge in [-0.15, -0.1) is 0 Å². The third kappa shape index (κ3) is 6.30. The minimum atomic E-state index is -4.56. The van der Waals surface area contributed by atoms with E-state index in [-0.39, 0.29) is 23.4 Å². The second-order valence-corrected chi connectivity index (χ2v) is 7.13. The fourth-order valence-electron chi connectivity index (χ4n) is 2.99. The van der Waals surface area contributed by atoms with E-state index in [0.717, 1.165) is 18.2 Å². The van der Waals surface area contributed by atoms with Crippen molar-refractivity contribution in [3.63, 3.8) is 0 Å². The molecule has 0 aliphatic rings. The number of aromatic nitrogens is 1. The van der Waals surface area contributed by atoms with Crippen molar-refractivity contribution in [3.05, 3.63) is 83.2 Å². The maximum absolute atomic E-state index is 12.9. The first-order chi connectivity index (χ1) is 15.7. The van der Waals surface area contributed by atoms with Gasteiger partial charge in [-0.1, -0.05) is 12.1 Å². The minimum Gasteiger partial charge on any atom is -0.395 e. The lowest BCUT2D eigenvalue weighted by Gasteiger charge is -2.12. The first-order valence-corrected chi connectivity index (χ1v) is 9.88. The number of aliphatic hydroxyl groups excluding tert-OH is 1. The standard InChI is InChI=1S/C23H21F3N4O3/c1-14-5-6-17(29-21(32)15-3-2-4-16(9-15)23(24,25)26)11-20(14)22(33)30-19-10-18(12-27-13-19)28-7-8-31/h2-6,9-13,28,31H,7-8H2,1H3,(H,29,32)(H,30,33). The van der Waals surface area contributed by atoms with Crippen LogP contribution in [0.15, 0.2) is 60.9 Å². The quantitative estimate of drug-likeness (QED) is 0.422. The normalized spacial score (nSPS) is 11.1. The van der Waals surface area contributed by atoms with E-state index in [0.29, 0.717) is 23.5 Å². The van der Waals surface area contributed by atoms with Crippen LogP contribution >= 0.6 is 0 Å². The molecule has 1 aromatic heterocycles. The molecule has 0 spiro atoms. The molecule has 0 atom stereocenters. The number of pyridine rings is 1. The van der Waals surface area contributed by atoms with Gasteiger partial charge < -0.3 is 21.1 Å². The molecule has 4 N–H and O–H groups in total. The molecule has 0 bridgehead atoms. The number of alkyl halides is 3. The van der Waals surface area contributed by atoms with Gasteiger partial charge in [0, 0.05) is 23.4 Å². The lowest BCUT2D eigenvalue weighted by Crippen LogP contribution is -2.16. The summed E-state index contributed by atoms with van der Waals surface area (Å²) in [4.78, 5) is 29.3. The van der Waals surface area contributed by atoms with Gasteiger partial charge in [-0.25, -0.2) is 0 Å². The highest BCUT2D eigenvalue weighted by Crippen LogP contribution is 2.29. The Hall–Kier alpha value is -3.92. The van der Waals surface area contributed by atoms with Crippen LogP contribution in [0.4, 0.5) is 30.2 Å². The molecule has 7 nitrogen and oxygen atoms in total. The van der Waals surface area contributed by atoms with Gasteiger partial charge in [0.2, 0.25) is 0 Å². The lowest BCUT2D eigenvalue weighted by atomic mass is 10.1. The Labute approximate surface area is 187 Å². The number of halogens is 3. The van der Waals surface area contributed by atoms with Gasteiger partial charge in [0.05, 0.1) is 35.9 Å². The van der Waals surface area contributed by atoms with Crippen molar-refractivity contribution in [1.29, 1.82) is 0 Å². The van der Waals surface area contributed by atoms with Crippen molar-refractivity contribution in [2.75, 3.05) is 29.1 Å². The molecule has 0 unspecified atom stereocenters. The van der Waals surface area contributed by atoms with Crippen LogP contribution in [-0.4, -0.2) is 35.1 Å². The van der Waals surface area contributed by atoms with E-state index in [1.807, 2.05) is 0 Å². The zero-order chi connectivity index (χ0) is 24.0. The van der Waals surface area contributed by atoms with Crippen LogP contribution in [-0.2, 0) is 6.18 Å². The molecule has 1 heterocycles. The molecule has 0 radical (unpaired) electrons. The second kappa shape index (κ2) is 10.1. The number of nitrogens with zero attached hydrogens (tertiary/aromatic N) is 1. The number of carbonyl (C=O) groups is 2. The molecule has 33 heavy (non-hydrogen) atoms. The van der Waals surface area contributed by atoms with E-state index >= 15 is 0 Å². The van der Waals surface area contributed by atoms with E-state index in [4.69, 9.17) is 5.11 Å². The number of carbonyl (C=O) groups excluding carboxylic acids is 2. The van der Waals surface area contributed by atoms with Crippen LogP contribution in [0, 0.1) is 6.92 Å². The predicted octanol–water partition coefficient (Wildman–Crippen LogP) is 4.32. The Balaban J connectivity index is 1.75.